The van der Waals surface area contributed by atoms with Crippen LogP contribution in [0.1, 0.15) is 46.0 Å². The van der Waals surface area contributed by atoms with Crippen LogP contribution in [0.3, 0.4) is 0 Å². The molecule has 0 rings (SSSR count). The zero-order valence-electron chi connectivity index (χ0n) is 11.3. The molecule has 1 atom stereocenters. The number of allylic oxidation sites excluding steroid dienone is 7. The van der Waals surface area contributed by atoms with Gasteiger partial charge in [0.05, 0.1) is 0 Å². The molecule has 96 valence electrons. The average molecular weight is 233 g/mol. The van der Waals surface area contributed by atoms with Crippen LogP contribution in [0.5, 0.6) is 0 Å². The Morgan fingerprint density at radius 1 is 0.941 bits per heavy atom. The van der Waals surface area contributed by atoms with Crippen LogP contribution in [0.15, 0.2) is 48.6 Å². The maximum absolute atomic E-state index is 5.59. The Morgan fingerprint density at radius 3 is 2.35 bits per heavy atom. The summed E-state index contributed by atoms with van der Waals surface area (Å²) in [5.41, 5.74) is 5.59. The van der Waals surface area contributed by atoms with E-state index < -0.39 is 0 Å². The average Bonchev–Trinajstić information content (AvgIpc) is 2.30. The standard InChI is InChI=1S/C16H27N/c1-3-4-5-6-7-8-9-10-11-12-13-14-15-16(2)17/h4-5,7-8,12-16H,3,6,9-11,17H2,1-2H3/b5-4-,8-7-,13-12+,15-14+. The van der Waals surface area contributed by atoms with Crippen LogP contribution in [0.25, 0.3) is 0 Å². The van der Waals surface area contributed by atoms with Crippen molar-refractivity contribution in [3.63, 3.8) is 0 Å². The summed E-state index contributed by atoms with van der Waals surface area (Å²) in [6.07, 6.45) is 23.0. The van der Waals surface area contributed by atoms with E-state index in [1.54, 1.807) is 0 Å². The van der Waals surface area contributed by atoms with Gasteiger partial charge in [-0.15, -0.1) is 0 Å². The number of hydrogen-bond acceptors (Lipinski definition) is 1. The summed E-state index contributed by atoms with van der Waals surface area (Å²) in [7, 11) is 0. The molecule has 0 aromatic carbocycles. The smallest absolute Gasteiger partial charge is 0.0197 e. The second-order valence-corrected chi connectivity index (χ2v) is 4.19. The highest BCUT2D eigenvalue weighted by atomic mass is 14.6. The highest BCUT2D eigenvalue weighted by Gasteiger charge is 1.81. The van der Waals surface area contributed by atoms with Gasteiger partial charge in [-0.1, -0.05) is 55.5 Å². The summed E-state index contributed by atoms with van der Waals surface area (Å²) >= 11 is 0. The minimum Gasteiger partial charge on any atom is -0.325 e. The molecule has 0 radical (unpaired) electrons. The summed E-state index contributed by atoms with van der Waals surface area (Å²) in [5, 5.41) is 0. The molecule has 0 fully saturated rings. The van der Waals surface area contributed by atoms with E-state index in [0.29, 0.717) is 0 Å². The third kappa shape index (κ3) is 14.9. The van der Waals surface area contributed by atoms with Gasteiger partial charge in [0, 0.05) is 6.04 Å². The molecule has 0 heterocycles. The summed E-state index contributed by atoms with van der Waals surface area (Å²) in [5.74, 6) is 0. The first kappa shape index (κ1) is 15.9. The van der Waals surface area contributed by atoms with E-state index in [0.717, 1.165) is 19.3 Å². The molecule has 0 amide bonds. The number of nitrogens with two attached hydrogens (primary N) is 1. The maximum atomic E-state index is 5.59. The van der Waals surface area contributed by atoms with Crippen LogP contribution < -0.4 is 5.73 Å². The van der Waals surface area contributed by atoms with Crippen LogP contribution in [0.2, 0.25) is 0 Å². The predicted octanol–water partition coefficient (Wildman–Crippen LogP) is 4.53. The Kier molecular flexibility index (Phi) is 12.2. The first-order chi connectivity index (χ1) is 8.27. The molecule has 0 saturated heterocycles. The topological polar surface area (TPSA) is 26.0 Å². The van der Waals surface area contributed by atoms with Crippen LogP contribution in [0, 0.1) is 0 Å². The van der Waals surface area contributed by atoms with Gasteiger partial charge in [-0.3, -0.25) is 0 Å². The van der Waals surface area contributed by atoms with Crippen molar-refractivity contribution in [2.24, 2.45) is 5.73 Å². The second kappa shape index (κ2) is 13.0. The Morgan fingerprint density at radius 2 is 1.65 bits per heavy atom. The number of rotatable bonds is 9. The summed E-state index contributed by atoms with van der Waals surface area (Å²) < 4.78 is 0. The van der Waals surface area contributed by atoms with E-state index >= 15 is 0 Å². The first-order valence-electron chi connectivity index (χ1n) is 6.66. The summed E-state index contributed by atoms with van der Waals surface area (Å²) in [6, 6.07) is 0.152. The Balaban J connectivity index is 3.37. The molecule has 17 heavy (non-hydrogen) atoms. The number of hydrogen-bond donors (Lipinski definition) is 1. The lowest BCUT2D eigenvalue weighted by Crippen LogP contribution is -2.09. The van der Waals surface area contributed by atoms with Gasteiger partial charge in [0.2, 0.25) is 0 Å². The first-order valence-corrected chi connectivity index (χ1v) is 6.66. The molecule has 1 unspecified atom stereocenters. The fraction of sp³-hybridized carbons (Fsp3) is 0.500. The molecule has 1 nitrogen and oxygen atoms in total. The van der Waals surface area contributed by atoms with Crippen molar-refractivity contribution >= 4 is 0 Å². The molecular weight excluding hydrogens is 206 g/mol. The SMILES string of the molecule is CC/C=C\C/C=C\CCC/C=C/C=C/C(C)N. The van der Waals surface area contributed by atoms with E-state index in [9.17, 15) is 0 Å². The summed E-state index contributed by atoms with van der Waals surface area (Å²) in [4.78, 5) is 0. The van der Waals surface area contributed by atoms with E-state index in [4.69, 9.17) is 5.73 Å². The van der Waals surface area contributed by atoms with Gasteiger partial charge in [-0.2, -0.15) is 0 Å². The third-order valence-electron chi connectivity index (χ3n) is 2.24. The van der Waals surface area contributed by atoms with Crippen LogP contribution in [0.4, 0.5) is 0 Å². The normalized spacial score (nSPS) is 14.8. The van der Waals surface area contributed by atoms with Gasteiger partial charge in [0.25, 0.3) is 0 Å². The number of unbranched alkanes of at least 4 members (excludes halogenated alkanes) is 2. The monoisotopic (exact) mass is 233 g/mol. The van der Waals surface area contributed by atoms with Gasteiger partial charge in [-0.05, 0) is 39.0 Å². The molecule has 0 aromatic heterocycles. The zero-order valence-corrected chi connectivity index (χ0v) is 11.3. The van der Waals surface area contributed by atoms with Crippen LogP contribution in [-0.2, 0) is 0 Å². The molecule has 0 aliphatic rings. The van der Waals surface area contributed by atoms with Crippen molar-refractivity contribution in [2.45, 2.75) is 52.0 Å². The molecular formula is C16H27N. The van der Waals surface area contributed by atoms with E-state index in [-0.39, 0.29) is 6.04 Å². The minimum absolute atomic E-state index is 0.152. The Bertz CT molecular complexity index is 257. The quantitative estimate of drug-likeness (QED) is 0.353. The van der Waals surface area contributed by atoms with Crippen LogP contribution in [-0.4, -0.2) is 6.04 Å². The third-order valence-corrected chi connectivity index (χ3v) is 2.24. The lowest BCUT2D eigenvalue weighted by atomic mass is 10.2. The van der Waals surface area contributed by atoms with E-state index in [1.807, 2.05) is 19.1 Å². The van der Waals surface area contributed by atoms with Crippen molar-refractivity contribution in [3.8, 4) is 0 Å². The predicted molar refractivity (Wildman–Crippen MR) is 79.0 cm³/mol. The van der Waals surface area contributed by atoms with Crippen molar-refractivity contribution in [2.75, 3.05) is 0 Å². The van der Waals surface area contributed by atoms with Gasteiger partial charge in [0.15, 0.2) is 0 Å². The van der Waals surface area contributed by atoms with E-state index in [1.165, 1.54) is 12.8 Å². The largest absolute Gasteiger partial charge is 0.325 e. The van der Waals surface area contributed by atoms with Crippen LogP contribution >= 0.6 is 0 Å². The molecule has 0 saturated carbocycles. The lowest BCUT2D eigenvalue weighted by Gasteiger charge is -1.91. The Hall–Kier alpha value is -1.08. The Labute approximate surface area is 107 Å². The van der Waals surface area contributed by atoms with Crippen molar-refractivity contribution < 1.29 is 0 Å². The minimum atomic E-state index is 0.152. The second-order valence-electron chi connectivity index (χ2n) is 4.19. The fourth-order valence-electron chi connectivity index (χ4n) is 1.32. The van der Waals surface area contributed by atoms with Gasteiger partial charge in [-0.25, -0.2) is 0 Å². The highest BCUT2D eigenvalue weighted by Crippen LogP contribution is 1.99. The molecule has 2 N–H and O–H groups in total. The fourth-order valence-corrected chi connectivity index (χ4v) is 1.32. The summed E-state index contributed by atoms with van der Waals surface area (Å²) in [6.45, 7) is 4.13. The van der Waals surface area contributed by atoms with E-state index in [2.05, 4.69) is 43.4 Å². The molecule has 0 spiro atoms. The van der Waals surface area contributed by atoms with Gasteiger partial charge in [0.1, 0.15) is 0 Å². The molecule has 0 aliphatic heterocycles. The van der Waals surface area contributed by atoms with Crippen molar-refractivity contribution in [1.29, 1.82) is 0 Å². The maximum Gasteiger partial charge on any atom is 0.0197 e. The molecule has 0 aliphatic carbocycles. The van der Waals surface area contributed by atoms with Gasteiger partial charge >= 0.3 is 0 Å². The molecule has 1 heteroatoms. The lowest BCUT2D eigenvalue weighted by molar-refractivity contribution is 0.865. The zero-order chi connectivity index (χ0) is 12.8. The van der Waals surface area contributed by atoms with Crippen molar-refractivity contribution in [1.82, 2.24) is 0 Å². The van der Waals surface area contributed by atoms with Gasteiger partial charge < -0.3 is 5.73 Å². The molecule has 0 bridgehead atoms. The van der Waals surface area contributed by atoms with Crippen molar-refractivity contribution in [3.05, 3.63) is 48.6 Å². The molecule has 0 aromatic rings. The highest BCUT2D eigenvalue weighted by molar-refractivity contribution is 5.05.